The van der Waals surface area contributed by atoms with Crippen molar-refractivity contribution in [1.29, 1.82) is 0 Å². The molecule has 90 valence electrons. The van der Waals surface area contributed by atoms with E-state index < -0.39 is 5.82 Å². The first-order valence-electron chi connectivity index (χ1n) is 5.57. The van der Waals surface area contributed by atoms with Crippen LogP contribution < -0.4 is 11.3 Å². The van der Waals surface area contributed by atoms with E-state index in [2.05, 4.69) is 12.3 Å². The summed E-state index contributed by atoms with van der Waals surface area (Å²) in [6, 6.07) is 3.50. The SMILES string of the molecule is CCCCC(Cc1cc(F)ccc1F)NN. The minimum Gasteiger partial charge on any atom is -0.271 e. The van der Waals surface area contributed by atoms with E-state index in [0.717, 1.165) is 31.4 Å². The molecule has 1 aromatic carbocycles. The third kappa shape index (κ3) is 3.87. The number of nitrogens with one attached hydrogen (secondary N) is 1. The standard InChI is InChI=1S/C12H18F2N2/c1-2-3-4-11(16-15)8-9-7-10(13)5-6-12(9)14/h5-7,11,16H,2-4,8,15H2,1H3. The molecule has 16 heavy (non-hydrogen) atoms. The predicted molar refractivity (Wildman–Crippen MR) is 60.7 cm³/mol. The molecule has 0 aliphatic heterocycles. The molecule has 1 aromatic rings. The van der Waals surface area contributed by atoms with E-state index in [-0.39, 0.29) is 11.9 Å². The molecule has 0 saturated carbocycles. The summed E-state index contributed by atoms with van der Waals surface area (Å²) in [6.07, 6.45) is 3.36. The Balaban J connectivity index is 2.65. The molecule has 2 nitrogen and oxygen atoms in total. The molecule has 0 amide bonds. The molecule has 0 bridgehead atoms. The second kappa shape index (κ2) is 6.55. The summed E-state index contributed by atoms with van der Waals surface area (Å²) < 4.78 is 26.3. The molecule has 0 aliphatic rings. The van der Waals surface area contributed by atoms with Gasteiger partial charge in [-0.1, -0.05) is 19.8 Å². The van der Waals surface area contributed by atoms with E-state index in [1.165, 1.54) is 6.07 Å². The number of benzene rings is 1. The van der Waals surface area contributed by atoms with Gasteiger partial charge in [-0.05, 0) is 36.6 Å². The second-order valence-electron chi connectivity index (χ2n) is 3.95. The lowest BCUT2D eigenvalue weighted by molar-refractivity contribution is 0.462. The van der Waals surface area contributed by atoms with Crippen LogP contribution in [0.5, 0.6) is 0 Å². The van der Waals surface area contributed by atoms with Crippen molar-refractivity contribution in [2.75, 3.05) is 0 Å². The Morgan fingerprint density at radius 3 is 2.75 bits per heavy atom. The Kier molecular flexibility index (Phi) is 5.35. The maximum atomic E-state index is 13.4. The molecule has 0 spiro atoms. The average molecular weight is 228 g/mol. The van der Waals surface area contributed by atoms with Gasteiger partial charge in [0.2, 0.25) is 0 Å². The highest BCUT2D eigenvalue weighted by Crippen LogP contribution is 2.14. The number of nitrogens with two attached hydrogens (primary N) is 1. The lowest BCUT2D eigenvalue weighted by Gasteiger charge is -2.15. The van der Waals surface area contributed by atoms with Gasteiger partial charge in [0.15, 0.2) is 0 Å². The van der Waals surface area contributed by atoms with Gasteiger partial charge < -0.3 is 0 Å². The Labute approximate surface area is 94.8 Å². The van der Waals surface area contributed by atoms with E-state index >= 15 is 0 Å². The zero-order valence-corrected chi connectivity index (χ0v) is 9.47. The predicted octanol–water partition coefficient (Wildman–Crippen LogP) is 2.53. The van der Waals surface area contributed by atoms with Gasteiger partial charge in [-0.3, -0.25) is 11.3 Å². The highest BCUT2D eigenvalue weighted by Gasteiger charge is 2.11. The zero-order chi connectivity index (χ0) is 12.0. The number of halogens is 2. The maximum Gasteiger partial charge on any atom is 0.126 e. The summed E-state index contributed by atoms with van der Waals surface area (Å²) in [5.41, 5.74) is 3.02. The van der Waals surface area contributed by atoms with Crippen LogP contribution >= 0.6 is 0 Å². The van der Waals surface area contributed by atoms with E-state index in [0.29, 0.717) is 12.0 Å². The molecular formula is C12H18F2N2. The van der Waals surface area contributed by atoms with E-state index in [1.807, 2.05) is 0 Å². The number of unbranched alkanes of at least 4 members (excludes halogenated alkanes) is 1. The molecule has 0 aromatic heterocycles. The summed E-state index contributed by atoms with van der Waals surface area (Å²) >= 11 is 0. The summed E-state index contributed by atoms with van der Waals surface area (Å²) in [5.74, 6) is 4.59. The van der Waals surface area contributed by atoms with Crippen molar-refractivity contribution >= 4 is 0 Å². The monoisotopic (exact) mass is 228 g/mol. The molecule has 4 heteroatoms. The van der Waals surface area contributed by atoms with E-state index in [4.69, 9.17) is 5.84 Å². The third-order valence-corrected chi connectivity index (χ3v) is 2.62. The first kappa shape index (κ1) is 13.1. The highest BCUT2D eigenvalue weighted by molar-refractivity contribution is 5.19. The van der Waals surface area contributed by atoms with Crippen molar-refractivity contribution in [3.63, 3.8) is 0 Å². The van der Waals surface area contributed by atoms with Gasteiger partial charge in [-0.25, -0.2) is 8.78 Å². The van der Waals surface area contributed by atoms with Crippen LogP contribution in [0.3, 0.4) is 0 Å². The lowest BCUT2D eigenvalue weighted by atomic mass is 10.0. The molecule has 0 fully saturated rings. The van der Waals surface area contributed by atoms with E-state index in [9.17, 15) is 8.78 Å². The molecular weight excluding hydrogens is 210 g/mol. The van der Waals surface area contributed by atoms with Gasteiger partial charge in [0.25, 0.3) is 0 Å². The van der Waals surface area contributed by atoms with Crippen LogP contribution in [0.4, 0.5) is 8.78 Å². The molecule has 0 aliphatic carbocycles. The minimum absolute atomic E-state index is 0.00347. The van der Waals surface area contributed by atoms with Gasteiger partial charge >= 0.3 is 0 Å². The summed E-state index contributed by atoms with van der Waals surface area (Å²) in [4.78, 5) is 0. The zero-order valence-electron chi connectivity index (χ0n) is 9.47. The molecule has 0 radical (unpaired) electrons. The maximum absolute atomic E-state index is 13.4. The van der Waals surface area contributed by atoms with Crippen molar-refractivity contribution < 1.29 is 8.78 Å². The number of hydrogen-bond donors (Lipinski definition) is 2. The largest absolute Gasteiger partial charge is 0.271 e. The van der Waals surface area contributed by atoms with Crippen LogP contribution in [0.15, 0.2) is 18.2 Å². The van der Waals surface area contributed by atoms with Crippen molar-refractivity contribution in [2.45, 2.75) is 38.6 Å². The quantitative estimate of drug-likeness (QED) is 0.580. The van der Waals surface area contributed by atoms with E-state index in [1.54, 1.807) is 0 Å². The smallest absolute Gasteiger partial charge is 0.126 e. The summed E-state index contributed by atoms with van der Waals surface area (Å²) in [7, 11) is 0. The topological polar surface area (TPSA) is 38.0 Å². The van der Waals surface area contributed by atoms with Gasteiger partial charge in [-0.15, -0.1) is 0 Å². The molecule has 0 saturated heterocycles. The Morgan fingerprint density at radius 1 is 1.38 bits per heavy atom. The van der Waals surface area contributed by atoms with Gasteiger partial charge in [0, 0.05) is 6.04 Å². The van der Waals surface area contributed by atoms with Gasteiger partial charge in [-0.2, -0.15) is 0 Å². The fourth-order valence-corrected chi connectivity index (χ4v) is 1.66. The fourth-order valence-electron chi connectivity index (χ4n) is 1.66. The van der Waals surface area contributed by atoms with Gasteiger partial charge in [0.05, 0.1) is 0 Å². The van der Waals surface area contributed by atoms with Crippen molar-refractivity contribution in [3.8, 4) is 0 Å². The molecule has 3 N–H and O–H groups in total. The minimum atomic E-state index is -0.414. The molecule has 1 atom stereocenters. The Bertz CT molecular complexity index is 329. The van der Waals surface area contributed by atoms with Crippen molar-refractivity contribution in [2.24, 2.45) is 5.84 Å². The van der Waals surface area contributed by atoms with Crippen molar-refractivity contribution in [3.05, 3.63) is 35.4 Å². The summed E-state index contributed by atoms with van der Waals surface area (Å²) in [6.45, 7) is 2.08. The number of rotatable bonds is 6. The van der Waals surface area contributed by atoms with Crippen LogP contribution in [0.2, 0.25) is 0 Å². The van der Waals surface area contributed by atoms with Gasteiger partial charge in [0.1, 0.15) is 11.6 Å². The average Bonchev–Trinajstić information content (AvgIpc) is 2.28. The van der Waals surface area contributed by atoms with Crippen LogP contribution in [0.1, 0.15) is 31.7 Å². The third-order valence-electron chi connectivity index (χ3n) is 2.62. The number of hydrogen-bond acceptors (Lipinski definition) is 2. The first-order valence-corrected chi connectivity index (χ1v) is 5.57. The molecule has 1 unspecified atom stereocenters. The second-order valence-corrected chi connectivity index (χ2v) is 3.95. The van der Waals surface area contributed by atoms with Crippen LogP contribution in [-0.2, 0) is 6.42 Å². The Morgan fingerprint density at radius 2 is 2.12 bits per heavy atom. The highest BCUT2D eigenvalue weighted by atomic mass is 19.1. The summed E-state index contributed by atoms with van der Waals surface area (Å²) in [5, 5.41) is 0. The van der Waals surface area contributed by atoms with Crippen LogP contribution in [0.25, 0.3) is 0 Å². The normalized spacial score (nSPS) is 12.8. The van der Waals surface area contributed by atoms with Crippen molar-refractivity contribution in [1.82, 2.24) is 5.43 Å². The van der Waals surface area contributed by atoms with Crippen LogP contribution in [-0.4, -0.2) is 6.04 Å². The Hall–Kier alpha value is -1.00. The lowest BCUT2D eigenvalue weighted by Crippen LogP contribution is -2.36. The first-order chi connectivity index (χ1) is 7.67. The fraction of sp³-hybridized carbons (Fsp3) is 0.500. The van der Waals surface area contributed by atoms with Crippen LogP contribution in [0, 0.1) is 11.6 Å². The molecule has 1 rings (SSSR count). The molecule has 0 heterocycles. The number of hydrazine groups is 1.